The third-order valence-corrected chi connectivity index (χ3v) is 12.1. The lowest BCUT2D eigenvalue weighted by Crippen LogP contribution is -2.25. The molecule has 0 bridgehead atoms. The topological polar surface area (TPSA) is 27.7 Å². The summed E-state index contributed by atoms with van der Waals surface area (Å²) in [4.78, 5) is 0. The van der Waals surface area contributed by atoms with Crippen LogP contribution in [0.3, 0.4) is 0 Å². The molecular weight excluding hydrogens is 566 g/mol. The third kappa shape index (κ3) is 6.20. The smallest absolute Gasteiger partial charge is 0.135 e. The van der Waals surface area contributed by atoms with Crippen LogP contribution in [0, 0.1) is 0 Å². The largest absolute Gasteiger partial charge is 0.496 e. The van der Waals surface area contributed by atoms with Gasteiger partial charge in [-0.15, -0.1) is 0 Å². The Bertz CT molecular complexity index is 1660. The molecule has 0 fully saturated rings. The molecule has 0 spiro atoms. The van der Waals surface area contributed by atoms with E-state index in [1.807, 2.05) is 36.4 Å². The molecule has 0 saturated carbocycles. The van der Waals surface area contributed by atoms with E-state index >= 15 is 0 Å². The molecule has 212 valence electrons. The summed E-state index contributed by atoms with van der Waals surface area (Å²) in [6.45, 7) is 0. The number of hydrogen-bond donors (Lipinski definition) is 0. The minimum absolute atomic E-state index is 0.832. The van der Waals surface area contributed by atoms with Gasteiger partial charge >= 0.3 is 0 Å². The Morgan fingerprint density at radius 3 is 0.953 bits per heavy atom. The Morgan fingerprint density at radius 1 is 0.326 bits per heavy atom. The van der Waals surface area contributed by atoms with Crippen LogP contribution < -0.4 is 46.0 Å². The molecular formula is C38H32O3P2. The summed E-state index contributed by atoms with van der Waals surface area (Å²) in [6.07, 6.45) is 0. The van der Waals surface area contributed by atoms with Crippen molar-refractivity contribution in [3.8, 4) is 23.0 Å². The van der Waals surface area contributed by atoms with Crippen molar-refractivity contribution >= 4 is 47.7 Å². The number of rotatable bonds is 10. The fraction of sp³-hybridized carbons (Fsp3) is 0.0526. The van der Waals surface area contributed by atoms with Crippen LogP contribution in [0.4, 0.5) is 0 Å². The Labute approximate surface area is 256 Å². The molecule has 2 atom stereocenters. The van der Waals surface area contributed by atoms with E-state index in [9.17, 15) is 0 Å². The zero-order chi connectivity index (χ0) is 29.4. The van der Waals surface area contributed by atoms with Crippen molar-refractivity contribution in [1.29, 1.82) is 0 Å². The van der Waals surface area contributed by atoms with Crippen LogP contribution in [0.2, 0.25) is 0 Å². The Morgan fingerprint density at radius 2 is 0.605 bits per heavy atom. The second-order valence-electron chi connectivity index (χ2n) is 9.72. The van der Waals surface area contributed by atoms with Crippen LogP contribution in [0.5, 0.6) is 23.0 Å². The van der Waals surface area contributed by atoms with Crippen LogP contribution in [-0.4, -0.2) is 14.2 Å². The van der Waals surface area contributed by atoms with Crippen molar-refractivity contribution in [2.75, 3.05) is 14.2 Å². The van der Waals surface area contributed by atoms with E-state index in [2.05, 4.69) is 121 Å². The van der Waals surface area contributed by atoms with Gasteiger partial charge in [0, 0.05) is 21.2 Å². The monoisotopic (exact) mass is 598 g/mol. The molecule has 0 amide bonds. The highest BCUT2D eigenvalue weighted by molar-refractivity contribution is 7.80. The highest BCUT2D eigenvalue weighted by Crippen LogP contribution is 2.43. The highest BCUT2D eigenvalue weighted by atomic mass is 31.1. The summed E-state index contributed by atoms with van der Waals surface area (Å²) in [5, 5.41) is 7.01. The summed E-state index contributed by atoms with van der Waals surface area (Å²) in [5.74, 6) is 3.41. The fourth-order valence-corrected chi connectivity index (χ4v) is 10.1. The third-order valence-electron chi connectivity index (χ3n) is 7.11. The molecule has 5 heteroatoms. The van der Waals surface area contributed by atoms with Gasteiger partial charge in [-0.1, -0.05) is 133 Å². The number of hydrogen-bond acceptors (Lipinski definition) is 3. The summed E-state index contributed by atoms with van der Waals surface area (Å²) < 4.78 is 18.7. The van der Waals surface area contributed by atoms with Crippen LogP contribution >= 0.6 is 15.8 Å². The maximum absolute atomic E-state index is 6.99. The molecule has 6 aromatic carbocycles. The van der Waals surface area contributed by atoms with Gasteiger partial charge in [-0.3, -0.25) is 0 Å². The molecule has 0 aromatic heterocycles. The molecule has 0 aliphatic rings. The van der Waals surface area contributed by atoms with Gasteiger partial charge in [0.05, 0.1) is 14.2 Å². The first kappa shape index (κ1) is 28.7. The number of para-hydroxylation sites is 4. The summed E-state index contributed by atoms with van der Waals surface area (Å²) in [7, 11) is 1.52. The standard InChI is InChI=1S/C38H32O3P2/c1-39-31-21-9-13-25-35(31)42(29-17-5-3-6-18-29)37-27-15-11-23-33(37)41-34-24-12-16-28-38(34)43(30-19-7-4-8-20-30)36-26-14-10-22-32(36)40-2/h3-28H,1-2H3/t42-,43?/m1/s1. The number of methoxy groups -OCH3 is 2. The molecule has 1 unspecified atom stereocenters. The first-order valence-electron chi connectivity index (χ1n) is 14.1. The van der Waals surface area contributed by atoms with E-state index in [1.165, 1.54) is 10.6 Å². The van der Waals surface area contributed by atoms with Crippen LogP contribution in [0.25, 0.3) is 0 Å². The minimum Gasteiger partial charge on any atom is -0.496 e. The molecule has 0 N–H and O–H groups in total. The Balaban J connectivity index is 1.50. The molecule has 0 aliphatic carbocycles. The van der Waals surface area contributed by atoms with Gasteiger partial charge in [0.25, 0.3) is 0 Å². The van der Waals surface area contributed by atoms with Gasteiger partial charge in [0.1, 0.15) is 23.0 Å². The minimum atomic E-state index is -0.975. The number of ether oxygens (including phenoxy) is 3. The summed E-state index contributed by atoms with van der Waals surface area (Å²) in [6, 6.07) is 54.7. The van der Waals surface area contributed by atoms with E-state index in [-0.39, 0.29) is 0 Å². The van der Waals surface area contributed by atoms with Crippen molar-refractivity contribution < 1.29 is 14.2 Å². The van der Waals surface area contributed by atoms with Crippen molar-refractivity contribution in [3.63, 3.8) is 0 Å². The summed E-state index contributed by atoms with van der Waals surface area (Å²) >= 11 is 0. The van der Waals surface area contributed by atoms with Gasteiger partial charge in [0.15, 0.2) is 0 Å². The van der Waals surface area contributed by atoms with Gasteiger partial charge in [-0.2, -0.15) is 0 Å². The molecule has 6 aromatic rings. The lowest BCUT2D eigenvalue weighted by atomic mass is 10.3. The quantitative estimate of drug-likeness (QED) is 0.159. The van der Waals surface area contributed by atoms with E-state index < -0.39 is 15.8 Å². The van der Waals surface area contributed by atoms with Crippen molar-refractivity contribution in [2.45, 2.75) is 0 Å². The first-order valence-corrected chi connectivity index (χ1v) is 16.8. The molecule has 0 heterocycles. The average molecular weight is 599 g/mol. The van der Waals surface area contributed by atoms with Gasteiger partial charge < -0.3 is 14.2 Å². The second-order valence-corrected chi connectivity index (χ2v) is 14.0. The maximum atomic E-state index is 6.99. The van der Waals surface area contributed by atoms with Crippen LogP contribution in [0.1, 0.15) is 0 Å². The van der Waals surface area contributed by atoms with Gasteiger partial charge in [0.2, 0.25) is 0 Å². The predicted molar refractivity (Wildman–Crippen MR) is 183 cm³/mol. The van der Waals surface area contributed by atoms with Crippen LogP contribution in [0.15, 0.2) is 158 Å². The number of benzene rings is 6. The molecule has 0 aliphatic heterocycles. The van der Waals surface area contributed by atoms with Crippen molar-refractivity contribution in [2.24, 2.45) is 0 Å². The Hall–Kier alpha value is -4.42. The highest BCUT2D eigenvalue weighted by Gasteiger charge is 2.26. The summed E-state index contributed by atoms with van der Waals surface area (Å²) in [5.41, 5.74) is 0. The van der Waals surface area contributed by atoms with Crippen molar-refractivity contribution in [3.05, 3.63) is 158 Å². The van der Waals surface area contributed by atoms with E-state index in [1.54, 1.807) is 14.2 Å². The molecule has 3 nitrogen and oxygen atoms in total. The van der Waals surface area contributed by atoms with Crippen molar-refractivity contribution in [1.82, 2.24) is 0 Å². The van der Waals surface area contributed by atoms with E-state index in [0.717, 1.165) is 44.2 Å². The zero-order valence-corrected chi connectivity index (χ0v) is 25.9. The lowest BCUT2D eigenvalue weighted by molar-refractivity contribution is 0.418. The first-order chi connectivity index (χ1) is 21.3. The molecule has 0 radical (unpaired) electrons. The van der Waals surface area contributed by atoms with Gasteiger partial charge in [-0.25, -0.2) is 0 Å². The SMILES string of the molecule is COc1ccccc1P(c1ccccc1)c1ccccc1Oc1ccccc1[P@](c1ccccc1)c1ccccc1OC. The van der Waals surface area contributed by atoms with Gasteiger partial charge in [-0.05, 0) is 50.7 Å². The van der Waals surface area contributed by atoms with E-state index in [0.29, 0.717) is 0 Å². The maximum Gasteiger partial charge on any atom is 0.135 e. The molecule has 6 rings (SSSR count). The van der Waals surface area contributed by atoms with Crippen LogP contribution in [-0.2, 0) is 0 Å². The van der Waals surface area contributed by atoms with E-state index in [4.69, 9.17) is 14.2 Å². The average Bonchev–Trinajstić information content (AvgIpc) is 3.08. The normalized spacial score (nSPS) is 12.2. The zero-order valence-electron chi connectivity index (χ0n) is 24.1. The Kier molecular flexibility index (Phi) is 9.14. The predicted octanol–water partition coefficient (Wildman–Crippen LogP) is 7.01. The second kappa shape index (κ2) is 13.7. The molecule has 43 heavy (non-hydrogen) atoms. The lowest BCUT2D eigenvalue weighted by Gasteiger charge is -2.26. The molecule has 0 saturated heterocycles. The fourth-order valence-electron chi connectivity index (χ4n) is 5.17.